The van der Waals surface area contributed by atoms with Crippen LogP contribution in [0.3, 0.4) is 0 Å². The van der Waals surface area contributed by atoms with E-state index < -0.39 is 0 Å². The zero-order chi connectivity index (χ0) is 15.2. The smallest absolute Gasteiger partial charge is 0.274 e. The summed E-state index contributed by atoms with van der Waals surface area (Å²) in [5, 5.41) is 14.7. The Labute approximate surface area is 123 Å². The van der Waals surface area contributed by atoms with Crippen LogP contribution < -0.4 is 5.32 Å². The lowest BCUT2D eigenvalue weighted by Crippen LogP contribution is -2.28. The lowest BCUT2D eigenvalue weighted by Gasteiger charge is -2.15. The van der Waals surface area contributed by atoms with Crippen molar-refractivity contribution in [2.75, 3.05) is 18.9 Å². The molecular weight excluding hydrogens is 270 g/mol. The summed E-state index contributed by atoms with van der Waals surface area (Å²) in [6, 6.07) is 5.09. The highest BCUT2D eigenvalue weighted by molar-refractivity contribution is 5.92. The molecule has 0 spiro atoms. The van der Waals surface area contributed by atoms with Crippen molar-refractivity contribution in [3.63, 3.8) is 0 Å². The van der Waals surface area contributed by atoms with E-state index >= 15 is 0 Å². The first-order chi connectivity index (χ1) is 10.1. The molecule has 2 rings (SSSR count). The molecule has 2 heterocycles. The molecule has 1 N–H and O–H groups in total. The highest BCUT2D eigenvalue weighted by Gasteiger charge is 2.13. The van der Waals surface area contributed by atoms with Gasteiger partial charge in [-0.3, -0.25) is 4.79 Å². The van der Waals surface area contributed by atoms with Crippen LogP contribution in [0.2, 0.25) is 0 Å². The Morgan fingerprint density at radius 3 is 2.71 bits per heavy atom. The Kier molecular flexibility index (Phi) is 4.86. The second-order valence-corrected chi connectivity index (χ2v) is 4.83. The van der Waals surface area contributed by atoms with Crippen molar-refractivity contribution in [1.29, 1.82) is 0 Å². The molecule has 2 aromatic rings. The molecule has 1 amide bonds. The summed E-state index contributed by atoms with van der Waals surface area (Å²) in [6.07, 6.45) is 2.02. The third-order valence-electron chi connectivity index (χ3n) is 2.96. The zero-order valence-corrected chi connectivity index (χ0v) is 12.5. The summed E-state index contributed by atoms with van der Waals surface area (Å²) in [5.74, 6) is 1.64. The highest BCUT2D eigenvalue weighted by Crippen LogP contribution is 2.13. The van der Waals surface area contributed by atoms with Crippen LogP contribution in [-0.2, 0) is 0 Å². The maximum atomic E-state index is 12.1. The molecule has 0 aliphatic carbocycles. The summed E-state index contributed by atoms with van der Waals surface area (Å²) in [6.45, 7) is 4.61. The number of aryl methyl sites for hydroxylation is 1. The average Bonchev–Trinajstić information content (AvgIpc) is 2.90. The van der Waals surface area contributed by atoms with Crippen molar-refractivity contribution in [1.82, 2.24) is 20.3 Å². The quantitative estimate of drug-likeness (QED) is 0.879. The van der Waals surface area contributed by atoms with Gasteiger partial charge in [0.05, 0.1) is 0 Å². The Morgan fingerprint density at radius 1 is 1.33 bits per heavy atom. The minimum absolute atomic E-state index is 0.125. The Hall–Kier alpha value is -2.44. The number of aromatic nitrogens is 3. The predicted molar refractivity (Wildman–Crippen MR) is 78.4 cm³/mol. The number of carbonyl (C=O) groups is 1. The molecule has 0 atom stereocenters. The normalized spacial score (nSPS) is 10.4. The third-order valence-corrected chi connectivity index (χ3v) is 2.96. The van der Waals surface area contributed by atoms with Crippen LogP contribution in [0.15, 0.2) is 22.7 Å². The van der Waals surface area contributed by atoms with E-state index in [1.165, 1.54) is 0 Å². The Balaban J connectivity index is 1.99. The third kappa shape index (κ3) is 4.01. The van der Waals surface area contributed by atoms with Crippen molar-refractivity contribution >= 4 is 17.5 Å². The number of nitrogens with zero attached hydrogens (tertiary/aromatic N) is 4. The van der Waals surface area contributed by atoms with E-state index in [0.717, 1.165) is 19.4 Å². The van der Waals surface area contributed by atoms with Crippen molar-refractivity contribution in [3.05, 3.63) is 29.7 Å². The van der Waals surface area contributed by atoms with E-state index in [9.17, 15) is 4.79 Å². The molecule has 0 fully saturated rings. The summed E-state index contributed by atoms with van der Waals surface area (Å²) in [5.41, 5.74) is 0.329. The van der Waals surface area contributed by atoms with Gasteiger partial charge in [-0.2, -0.15) is 0 Å². The van der Waals surface area contributed by atoms with E-state index in [4.69, 9.17) is 4.52 Å². The minimum atomic E-state index is -0.125. The van der Waals surface area contributed by atoms with Crippen LogP contribution in [0.5, 0.6) is 0 Å². The number of unbranched alkanes of at least 4 members (excludes halogenated alkanes) is 1. The van der Waals surface area contributed by atoms with Crippen LogP contribution in [0, 0.1) is 6.92 Å². The molecule has 0 aliphatic rings. The number of hydrogen-bond donors (Lipinski definition) is 1. The fraction of sp³-hybridized carbons (Fsp3) is 0.429. The van der Waals surface area contributed by atoms with E-state index in [1.54, 1.807) is 37.1 Å². The molecule has 0 unspecified atom stereocenters. The number of nitrogens with one attached hydrogen (secondary N) is 1. The molecule has 7 nitrogen and oxygen atoms in total. The monoisotopic (exact) mass is 289 g/mol. The molecular formula is C14H19N5O2. The maximum absolute atomic E-state index is 12.1. The predicted octanol–water partition coefficient (Wildman–Crippen LogP) is 2.39. The van der Waals surface area contributed by atoms with Crippen LogP contribution in [0.1, 0.15) is 36.0 Å². The molecule has 2 aromatic heterocycles. The van der Waals surface area contributed by atoms with Gasteiger partial charge in [-0.15, -0.1) is 10.2 Å². The van der Waals surface area contributed by atoms with Crippen molar-refractivity contribution in [2.24, 2.45) is 0 Å². The Morgan fingerprint density at radius 2 is 2.14 bits per heavy atom. The number of carbonyl (C=O) groups excluding carboxylic acids is 1. The van der Waals surface area contributed by atoms with E-state index in [-0.39, 0.29) is 5.91 Å². The number of amides is 1. The first kappa shape index (κ1) is 15.0. The van der Waals surface area contributed by atoms with Gasteiger partial charge in [-0.25, -0.2) is 0 Å². The van der Waals surface area contributed by atoms with Gasteiger partial charge in [0.25, 0.3) is 5.91 Å². The van der Waals surface area contributed by atoms with Gasteiger partial charge in [0.15, 0.2) is 17.3 Å². The molecule has 0 saturated carbocycles. The van der Waals surface area contributed by atoms with Gasteiger partial charge in [0.2, 0.25) is 0 Å². The van der Waals surface area contributed by atoms with Gasteiger partial charge < -0.3 is 14.7 Å². The van der Waals surface area contributed by atoms with Crippen molar-refractivity contribution < 1.29 is 9.32 Å². The van der Waals surface area contributed by atoms with Gasteiger partial charge in [-0.05, 0) is 25.5 Å². The number of rotatable bonds is 6. The SMILES string of the molecule is CCCCN(C)C(=O)c1ccc(Nc2cc(C)on2)nn1. The van der Waals surface area contributed by atoms with Crippen molar-refractivity contribution in [2.45, 2.75) is 26.7 Å². The molecule has 0 aromatic carbocycles. The highest BCUT2D eigenvalue weighted by atomic mass is 16.5. The summed E-state index contributed by atoms with van der Waals surface area (Å²) < 4.78 is 4.95. The fourth-order valence-corrected chi connectivity index (χ4v) is 1.76. The van der Waals surface area contributed by atoms with Gasteiger partial charge in [0.1, 0.15) is 5.76 Å². The molecule has 112 valence electrons. The summed E-state index contributed by atoms with van der Waals surface area (Å²) >= 11 is 0. The standard InChI is InChI=1S/C14H19N5O2/c1-4-5-8-19(3)14(20)11-6-7-12(17-16-11)15-13-9-10(2)21-18-13/h6-7,9H,4-5,8H2,1-3H3,(H,15,17,18). The van der Waals surface area contributed by atoms with Crippen LogP contribution in [0.4, 0.5) is 11.6 Å². The maximum Gasteiger partial charge on any atom is 0.274 e. The lowest BCUT2D eigenvalue weighted by molar-refractivity contribution is 0.0786. The molecule has 0 aliphatic heterocycles. The van der Waals surface area contributed by atoms with Crippen LogP contribution >= 0.6 is 0 Å². The Bertz CT molecular complexity index is 594. The zero-order valence-electron chi connectivity index (χ0n) is 12.5. The van der Waals surface area contributed by atoms with Crippen LogP contribution in [0.25, 0.3) is 0 Å². The first-order valence-corrected chi connectivity index (χ1v) is 6.89. The second-order valence-electron chi connectivity index (χ2n) is 4.83. The topological polar surface area (TPSA) is 84.2 Å². The number of anilines is 2. The lowest BCUT2D eigenvalue weighted by atomic mass is 10.3. The second kappa shape index (κ2) is 6.83. The van der Waals surface area contributed by atoms with Crippen LogP contribution in [-0.4, -0.2) is 39.8 Å². The average molecular weight is 289 g/mol. The molecule has 0 radical (unpaired) electrons. The fourth-order valence-electron chi connectivity index (χ4n) is 1.76. The first-order valence-electron chi connectivity index (χ1n) is 6.89. The molecule has 7 heteroatoms. The van der Waals surface area contributed by atoms with E-state index in [0.29, 0.717) is 23.1 Å². The summed E-state index contributed by atoms with van der Waals surface area (Å²) in [7, 11) is 1.77. The molecule has 0 saturated heterocycles. The number of hydrogen-bond acceptors (Lipinski definition) is 6. The molecule has 21 heavy (non-hydrogen) atoms. The van der Waals surface area contributed by atoms with Gasteiger partial charge in [-0.1, -0.05) is 18.5 Å². The van der Waals surface area contributed by atoms with Crippen molar-refractivity contribution in [3.8, 4) is 0 Å². The van der Waals surface area contributed by atoms with E-state index in [2.05, 4.69) is 27.6 Å². The van der Waals surface area contributed by atoms with Gasteiger partial charge in [0, 0.05) is 19.7 Å². The van der Waals surface area contributed by atoms with E-state index in [1.807, 2.05) is 0 Å². The minimum Gasteiger partial charge on any atom is -0.360 e. The summed E-state index contributed by atoms with van der Waals surface area (Å²) in [4.78, 5) is 13.8. The molecule has 0 bridgehead atoms. The largest absolute Gasteiger partial charge is 0.360 e. The van der Waals surface area contributed by atoms with Gasteiger partial charge >= 0.3 is 0 Å².